The van der Waals surface area contributed by atoms with Gasteiger partial charge in [-0.1, -0.05) is 12.2 Å². The smallest absolute Gasteiger partial charge is 0.193 e. The summed E-state index contributed by atoms with van der Waals surface area (Å²) in [6.07, 6.45) is 3.47. The number of nitrogens with one attached hydrogen (secondary N) is 1. The second-order valence-corrected chi connectivity index (χ2v) is 5.33. The van der Waals surface area contributed by atoms with Crippen molar-refractivity contribution in [2.24, 2.45) is 4.99 Å². The summed E-state index contributed by atoms with van der Waals surface area (Å²) < 4.78 is 10.7. The third-order valence-corrected chi connectivity index (χ3v) is 3.02. The first-order chi connectivity index (χ1) is 10.6. The molecule has 1 aromatic rings. The SMILES string of the molecule is C=C(C)CN(C)C(=NCCCOCC)NCCc1ccco1. The first kappa shape index (κ1) is 18.3. The van der Waals surface area contributed by atoms with Crippen molar-refractivity contribution in [3.8, 4) is 0 Å². The van der Waals surface area contributed by atoms with Crippen molar-refractivity contribution in [3.63, 3.8) is 0 Å². The minimum Gasteiger partial charge on any atom is -0.469 e. The number of nitrogens with zero attached hydrogens (tertiary/aromatic N) is 2. The van der Waals surface area contributed by atoms with Crippen LogP contribution in [0.4, 0.5) is 0 Å². The standard InChI is InChI=1S/C17H29N3O2/c1-5-21-12-7-10-18-17(20(4)14-15(2)3)19-11-9-16-8-6-13-22-16/h6,8,13H,2,5,7,9-12,14H2,1,3-4H3,(H,18,19). The quantitative estimate of drug-likeness (QED) is 0.312. The molecule has 0 radical (unpaired) electrons. The number of aliphatic imine (C=N–C) groups is 1. The first-order valence-electron chi connectivity index (χ1n) is 7.87. The van der Waals surface area contributed by atoms with Crippen LogP contribution in [-0.2, 0) is 11.2 Å². The molecule has 0 amide bonds. The van der Waals surface area contributed by atoms with Crippen molar-refractivity contribution in [3.05, 3.63) is 36.3 Å². The predicted molar refractivity (Wildman–Crippen MR) is 91.3 cm³/mol. The Hall–Kier alpha value is -1.75. The number of likely N-dealkylation sites (N-methyl/N-ethyl adjacent to an activating group) is 1. The van der Waals surface area contributed by atoms with Gasteiger partial charge < -0.3 is 19.4 Å². The molecule has 0 spiro atoms. The molecule has 0 aliphatic heterocycles. The Morgan fingerprint density at radius 3 is 2.95 bits per heavy atom. The minimum absolute atomic E-state index is 0.754. The van der Waals surface area contributed by atoms with Crippen LogP contribution >= 0.6 is 0 Å². The van der Waals surface area contributed by atoms with E-state index in [1.807, 2.05) is 33.0 Å². The molecule has 0 aromatic carbocycles. The largest absolute Gasteiger partial charge is 0.469 e. The monoisotopic (exact) mass is 307 g/mol. The van der Waals surface area contributed by atoms with Gasteiger partial charge in [0.05, 0.1) is 6.26 Å². The lowest BCUT2D eigenvalue weighted by molar-refractivity contribution is 0.146. The lowest BCUT2D eigenvalue weighted by Gasteiger charge is -2.22. The fourth-order valence-electron chi connectivity index (χ4n) is 2.04. The van der Waals surface area contributed by atoms with Gasteiger partial charge in [0.2, 0.25) is 0 Å². The molecule has 0 bridgehead atoms. The summed E-state index contributed by atoms with van der Waals surface area (Å²) in [4.78, 5) is 6.74. The van der Waals surface area contributed by atoms with Gasteiger partial charge in [0.1, 0.15) is 5.76 Å². The highest BCUT2D eigenvalue weighted by atomic mass is 16.5. The molecule has 1 rings (SSSR count). The van der Waals surface area contributed by atoms with Crippen LogP contribution in [0.3, 0.4) is 0 Å². The fourth-order valence-corrected chi connectivity index (χ4v) is 2.04. The van der Waals surface area contributed by atoms with Gasteiger partial charge >= 0.3 is 0 Å². The molecule has 124 valence electrons. The molecular weight excluding hydrogens is 278 g/mol. The van der Waals surface area contributed by atoms with Crippen molar-refractivity contribution in [1.29, 1.82) is 0 Å². The first-order valence-corrected chi connectivity index (χ1v) is 7.87. The number of hydrogen-bond acceptors (Lipinski definition) is 3. The number of guanidine groups is 1. The third-order valence-electron chi connectivity index (χ3n) is 3.02. The van der Waals surface area contributed by atoms with E-state index < -0.39 is 0 Å². The molecule has 0 fully saturated rings. The van der Waals surface area contributed by atoms with Crippen LogP contribution in [0, 0.1) is 0 Å². The topological polar surface area (TPSA) is 50.0 Å². The summed E-state index contributed by atoms with van der Waals surface area (Å²) in [6.45, 7) is 11.8. The average molecular weight is 307 g/mol. The summed E-state index contributed by atoms with van der Waals surface area (Å²) >= 11 is 0. The van der Waals surface area contributed by atoms with Crippen LogP contribution in [0.1, 0.15) is 26.0 Å². The Labute approximate surface area is 134 Å². The molecule has 1 aromatic heterocycles. The van der Waals surface area contributed by atoms with Crippen LogP contribution in [0.25, 0.3) is 0 Å². The predicted octanol–water partition coefficient (Wildman–Crippen LogP) is 2.70. The molecule has 0 unspecified atom stereocenters. The summed E-state index contributed by atoms with van der Waals surface area (Å²) in [7, 11) is 2.02. The molecule has 5 heteroatoms. The molecule has 0 saturated heterocycles. The summed E-state index contributed by atoms with van der Waals surface area (Å²) in [5, 5.41) is 3.39. The van der Waals surface area contributed by atoms with Gasteiger partial charge in [0.15, 0.2) is 5.96 Å². The Bertz CT molecular complexity index is 441. The Kier molecular flexibility index (Phi) is 9.07. The van der Waals surface area contributed by atoms with Crippen molar-refractivity contribution in [2.75, 3.05) is 39.9 Å². The molecule has 1 heterocycles. The van der Waals surface area contributed by atoms with Gasteiger partial charge in [-0.25, -0.2) is 0 Å². The van der Waals surface area contributed by atoms with E-state index in [1.165, 1.54) is 0 Å². The maximum absolute atomic E-state index is 5.34. The highest BCUT2D eigenvalue weighted by Gasteiger charge is 2.06. The highest BCUT2D eigenvalue weighted by molar-refractivity contribution is 5.80. The second-order valence-electron chi connectivity index (χ2n) is 5.33. The second kappa shape index (κ2) is 10.9. The van der Waals surface area contributed by atoms with Crippen LogP contribution in [-0.4, -0.2) is 50.8 Å². The van der Waals surface area contributed by atoms with Crippen molar-refractivity contribution >= 4 is 5.96 Å². The Balaban J connectivity index is 2.45. The van der Waals surface area contributed by atoms with Gasteiger partial charge in [-0.3, -0.25) is 4.99 Å². The van der Waals surface area contributed by atoms with Gasteiger partial charge in [-0.05, 0) is 32.4 Å². The maximum atomic E-state index is 5.34. The number of ether oxygens (including phenoxy) is 1. The van der Waals surface area contributed by atoms with Crippen LogP contribution < -0.4 is 5.32 Å². The summed E-state index contributed by atoms with van der Waals surface area (Å²) in [5.74, 6) is 1.87. The molecule has 22 heavy (non-hydrogen) atoms. The van der Waals surface area contributed by atoms with Crippen molar-refractivity contribution in [1.82, 2.24) is 10.2 Å². The van der Waals surface area contributed by atoms with Crippen LogP contribution in [0.15, 0.2) is 40.0 Å². The van der Waals surface area contributed by atoms with Crippen LogP contribution in [0.5, 0.6) is 0 Å². The normalized spacial score (nSPS) is 11.5. The van der Waals surface area contributed by atoms with Gasteiger partial charge in [-0.2, -0.15) is 0 Å². The van der Waals surface area contributed by atoms with Crippen LogP contribution in [0.2, 0.25) is 0 Å². The zero-order valence-electron chi connectivity index (χ0n) is 14.1. The van der Waals surface area contributed by atoms with E-state index in [1.54, 1.807) is 6.26 Å². The van der Waals surface area contributed by atoms with E-state index in [4.69, 9.17) is 9.15 Å². The van der Waals surface area contributed by atoms with E-state index in [0.29, 0.717) is 0 Å². The lowest BCUT2D eigenvalue weighted by atomic mass is 10.3. The number of furan rings is 1. The van der Waals surface area contributed by atoms with E-state index in [0.717, 1.165) is 63.0 Å². The van der Waals surface area contributed by atoms with Crippen molar-refractivity contribution < 1.29 is 9.15 Å². The highest BCUT2D eigenvalue weighted by Crippen LogP contribution is 2.00. The summed E-state index contributed by atoms with van der Waals surface area (Å²) in [5.41, 5.74) is 1.11. The Morgan fingerprint density at radius 2 is 2.32 bits per heavy atom. The molecule has 0 aliphatic carbocycles. The maximum Gasteiger partial charge on any atom is 0.193 e. The van der Waals surface area contributed by atoms with E-state index in [9.17, 15) is 0 Å². The zero-order chi connectivity index (χ0) is 16.2. The van der Waals surface area contributed by atoms with Gasteiger partial charge in [0, 0.05) is 46.3 Å². The Morgan fingerprint density at radius 1 is 1.50 bits per heavy atom. The molecule has 5 nitrogen and oxygen atoms in total. The molecular formula is C17H29N3O2. The number of rotatable bonds is 10. The van der Waals surface area contributed by atoms with E-state index >= 15 is 0 Å². The van der Waals surface area contributed by atoms with Gasteiger partial charge in [-0.15, -0.1) is 0 Å². The zero-order valence-corrected chi connectivity index (χ0v) is 14.1. The number of hydrogen-bond donors (Lipinski definition) is 1. The van der Waals surface area contributed by atoms with Crippen molar-refractivity contribution in [2.45, 2.75) is 26.7 Å². The molecule has 0 saturated carbocycles. The van der Waals surface area contributed by atoms with E-state index in [2.05, 4.69) is 21.8 Å². The average Bonchev–Trinajstić information content (AvgIpc) is 2.97. The summed E-state index contributed by atoms with van der Waals surface area (Å²) in [6, 6.07) is 3.89. The lowest BCUT2D eigenvalue weighted by Crippen LogP contribution is -2.40. The minimum atomic E-state index is 0.754. The van der Waals surface area contributed by atoms with E-state index in [-0.39, 0.29) is 0 Å². The van der Waals surface area contributed by atoms with Gasteiger partial charge in [0.25, 0.3) is 0 Å². The fraction of sp³-hybridized carbons (Fsp3) is 0.588. The molecule has 1 N–H and O–H groups in total. The molecule has 0 aliphatic rings. The third kappa shape index (κ3) is 7.88. The molecule has 0 atom stereocenters.